The lowest BCUT2D eigenvalue weighted by atomic mass is 10.1. The van der Waals surface area contributed by atoms with Gasteiger partial charge in [0.05, 0.1) is 22.1 Å². The second-order valence-corrected chi connectivity index (χ2v) is 6.15. The van der Waals surface area contributed by atoms with Crippen molar-refractivity contribution in [1.82, 2.24) is 9.78 Å². The first-order chi connectivity index (χ1) is 11.5. The zero-order valence-corrected chi connectivity index (χ0v) is 14.6. The van der Waals surface area contributed by atoms with Gasteiger partial charge in [-0.25, -0.2) is 4.68 Å². The van der Waals surface area contributed by atoms with Crippen LogP contribution in [0.2, 0.25) is 5.02 Å². The first-order valence-corrected chi connectivity index (χ1v) is 8.03. The predicted molar refractivity (Wildman–Crippen MR) is 97.2 cm³/mol. The Bertz CT molecular complexity index is 897. The van der Waals surface area contributed by atoms with Crippen LogP contribution < -0.4 is 5.32 Å². The van der Waals surface area contributed by atoms with Crippen LogP contribution in [0.15, 0.2) is 48.5 Å². The Morgan fingerprint density at radius 3 is 2.38 bits per heavy atom. The molecular formula is C19H18ClN3O. The fraction of sp³-hybridized carbons (Fsp3) is 0.158. The van der Waals surface area contributed by atoms with E-state index in [1.165, 1.54) is 0 Å². The number of hydrogen-bond acceptors (Lipinski definition) is 2. The molecule has 0 unspecified atom stereocenters. The number of carbonyl (C=O) groups excluding carboxylic acids is 1. The minimum Gasteiger partial charge on any atom is -0.322 e. The summed E-state index contributed by atoms with van der Waals surface area (Å²) in [6, 6.07) is 15.0. The molecule has 24 heavy (non-hydrogen) atoms. The van der Waals surface area contributed by atoms with E-state index in [2.05, 4.69) is 10.4 Å². The lowest BCUT2D eigenvalue weighted by Gasteiger charge is -2.08. The maximum absolute atomic E-state index is 12.3. The van der Waals surface area contributed by atoms with E-state index in [9.17, 15) is 4.79 Å². The molecule has 4 nitrogen and oxygen atoms in total. The van der Waals surface area contributed by atoms with Crippen molar-refractivity contribution in [3.05, 3.63) is 76.1 Å². The number of benzene rings is 2. The van der Waals surface area contributed by atoms with Gasteiger partial charge >= 0.3 is 0 Å². The number of rotatable bonds is 3. The van der Waals surface area contributed by atoms with E-state index in [0.717, 1.165) is 28.3 Å². The zero-order valence-electron chi connectivity index (χ0n) is 13.8. The largest absolute Gasteiger partial charge is 0.322 e. The summed E-state index contributed by atoms with van der Waals surface area (Å²) >= 11 is 6.19. The summed E-state index contributed by atoms with van der Waals surface area (Å²) in [5.41, 5.74) is 5.02. The number of amides is 1. The number of nitrogens with zero attached hydrogens (tertiary/aromatic N) is 2. The van der Waals surface area contributed by atoms with Gasteiger partial charge in [-0.1, -0.05) is 29.3 Å². The quantitative estimate of drug-likeness (QED) is 0.751. The van der Waals surface area contributed by atoms with Crippen molar-refractivity contribution in [2.75, 3.05) is 5.32 Å². The number of aryl methyl sites for hydroxylation is 2. The normalized spacial score (nSPS) is 10.7. The molecule has 3 aromatic rings. The molecular weight excluding hydrogens is 322 g/mol. The van der Waals surface area contributed by atoms with Gasteiger partial charge in [-0.05, 0) is 57.2 Å². The summed E-state index contributed by atoms with van der Waals surface area (Å²) in [6.07, 6.45) is 0. The van der Waals surface area contributed by atoms with Crippen molar-refractivity contribution in [2.45, 2.75) is 20.8 Å². The predicted octanol–water partition coefficient (Wildman–Crippen LogP) is 4.70. The van der Waals surface area contributed by atoms with Gasteiger partial charge in [0.15, 0.2) is 0 Å². The molecule has 5 heteroatoms. The average Bonchev–Trinajstić information content (AvgIpc) is 2.83. The summed E-state index contributed by atoms with van der Waals surface area (Å²) < 4.78 is 1.80. The van der Waals surface area contributed by atoms with Crippen molar-refractivity contribution in [1.29, 1.82) is 0 Å². The zero-order chi connectivity index (χ0) is 17.3. The molecule has 0 saturated heterocycles. The minimum atomic E-state index is -0.124. The Kier molecular flexibility index (Phi) is 4.40. The third-order valence-electron chi connectivity index (χ3n) is 3.85. The molecule has 0 atom stereocenters. The van der Waals surface area contributed by atoms with Crippen LogP contribution in [-0.2, 0) is 0 Å². The Morgan fingerprint density at radius 2 is 1.79 bits per heavy atom. The highest BCUT2D eigenvalue weighted by Crippen LogP contribution is 2.23. The Balaban J connectivity index is 1.80. The number of halogens is 1. The number of aromatic nitrogens is 2. The van der Waals surface area contributed by atoms with E-state index in [4.69, 9.17) is 11.6 Å². The van der Waals surface area contributed by atoms with Gasteiger partial charge in [0, 0.05) is 11.3 Å². The molecule has 0 radical (unpaired) electrons. The van der Waals surface area contributed by atoms with Gasteiger partial charge in [0.1, 0.15) is 0 Å². The van der Waals surface area contributed by atoms with E-state index >= 15 is 0 Å². The maximum Gasteiger partial charge on any atom is 0.255 e. The first-order valence-electron chi connectivity index (χ1n) is 7.66. The first kappa shape index (κ1) is 16.3. The van der Waals surface area contributed by atoms with E-state index in [1.54, 1.807) is 10.7 Å². The molecule has 0 saturated carbocycles. The lowest BCUT2D eigenvalue weighted by molar-refractivity contribution is 0.102. The molecule has 0 aliphatic rings. The molecule has 0 spiro atoms. The third kappa shape index (κ3) is 3.19. The molecule has 0 fully saturated rings. The molecule has 3 rings (SSSR count). The summed E-state index contributed by atoms with van der Waals surface area (Å²) in [5.74, 6) is -0.124. The molecule has 0 aliphatic heterocycles. The fourth-order valence-electron chi connectivity index (χ4n) is 2.55. The molecule has 2 aromatic carbocycles. The van der Waals surface area contributed by atoms with Crippen LogP contribution in [0, 0.1) is 20.8 Å². The second kappa shape index (κ2) is 6.49. The van der Waals surface area contributed by atoms with E-state index < -0.39 is 0 Å². The van der Waals surface area contributed by atoms with Crippen LogP contribution in [0.5, 0.6) is 0 Å². The Hall–Kier alpha value is -2.59. The van der Waals surface area contributed by atoms with Crippen molar-refractivity contribution in [3.63, 3.8) is 0 Å². The van der Waals surface area contributed by atoms with Gasteiger partial charge in [0.2, 0.25) is 0 Å². The lowest BCUT2D eigenvalue weighted by Crippen LogP contribution is -2.12. The van der Waals surface area contributed by atoms with Gasteiger partial charge < -0.3 is 5.32 Å². The summed E-state index contributed by atoms with van der Waals surface area (Å²) in [4.78, 5) is 12.3. The summed E-state index contributed by atoms with van der Waals surface area (Å²) in [7, 11) is 0. The Morgan fingerprint density at radius 1 is 1.08 bits per heavy atom. The number of nitrogens with one attached hydrogen (secondary N) is 1. The smallest absolute Gasteiger partial charge is 0.255 e. The minimum absolute atomic E-state index is 0.124. The monoisotopic (exact) mass is 339 g/mol. The highest BCUT2D eigenvalue weighted by molar-refractivity contribution is 6.31. The standard InChI is InChI=1S/C19H18ClN3O/c1-12-5-4-6-15(11-12)19(24)21-16-7-9-17(10-8-16)23-14(3)18(20)13(2)22-23/h4-11H,1-3H3,(H,21,24). The van der Waals surface area contributed by atoms with Crippen molar-refractivity contribution in [3.8, 4) is 5.69 Å². The van der Waals surface area contributed by atoms with Crippen LogP contribution in [0.25, 0.3) is 5.69 Å². The van der Waals surface area contributed by atoms with Crippen molar-refractivity contribution in [2.24, 2.45) is 0 Å². The van der Waals surface area contributed by atoms with Crippen LogP contribution in [0.3, 0.4) is 0 Å². The Labute approximate surface area is 146 Å². The highest BCUT2D eigenvalue weighted by Gasteiger charge is 2.11. The van der Waals surface area contributed by atoms with Crippen LogP contribution in [0.4, 0.5) is 5.69 Å². The highest BCUT2D eigenvalue weighted by atomic mass is 35.5. The summed E-state index contributed by atoms with van der Waals surface area (Å²) in [5, 5.41) is 8.00. The molecule has 0 bridgehead atoms. The van der Waals surface area contributed by atoms with Crippen molar-refractivity contribution >= 4 is 23.2 Å². The molecule has 0 aliphatic carbocycles. The maximum atomic E-state index is 12.3. The van der Waals surface area contributed by atoms with Crippen LogP contribution in [0.1, 0.15) is 27.3 Å². The fourth-order valence-corrected chi connectivity index (χ4v) is 2.67. The van der Waals surface area contributed by atoms with Crippen molar-refractivity contribution < 1.29 is 4.79 Å². The van der Waals surface area contributed by atoms with Gasteiger partial charge in [-0.3, -0.25) is 4.79 Å². The molecule has 1 amide bonds. The molecule has 1 aromatic heterocycles. The van der Waals surface area contributed by atoms with Gasteiger partial charge in [-0.15, -0.1) is 0 Å². The SMILES string of the molecule is Cc1cccc(C(=O)Nc2ccc(-n3nc(C)c(Cl)c3C)cc2)c1. The van der Waals surface area contributed by atoms with Crippen LogP contribution in [-0.4, -0.2) is 15.7 Å². The number of carbonyl (C=O) groups is 1. The average molecular weight is 340 g/mol. The molecule has 122 valence electrons. The number of hydrogen-bond donors (Lipinski definition) is 1. The topological polar surface area (TPSA) is 46.9 Å². The third-order valence-corrected chi connectivity index (χ3v) is 4.40. The van der Waals surface area contributed by atoms with Gasteiger partial charge in [0.25, 0.3) is 5.91 Å². The van der Waals surface area contributed by atoms with E-state index in [-0.39, 0.29) is 5.91 Å². The van der Waals surface area contributed by atoms with Crippen LogP contribution >= 0.6 is 11.6 Å². The number of anilines is 1. The van der Waals surface area contributed by atoms with Gasteiger partial charge in [-0.2, -0.15) is 5.10 Å². The summed E-state index contributed by atoms with van der Waals surface area (Å²) in [6.45, 7) is 5.77. The van der Waals surface area contributed by atoms with E-state index in [0.29, 0.717) is 10.6 Å². The molecule has 1 heterocycles. The molecule has 1 N–H and O–H groups in total. The second-order valence-electron chi connectivity index (χ2n) is 5.77. The van der Waals surface area contributed by atoms with E-state index in [1.807, 2.05) is 63.2 Å².